The van der Waals surface area contributed by atoms with Crippen molar-refractivity contribution in [3.05, 3.63) is 65.2 Å². The van der Waals surface area contributed by atoms with Crippen LogP contribution in [0.1, 0.15) is 60.5 Å². The lowest BCUT2D eigenvalue weighted by molar-refractivity contribution is -0.136. The van der Waals surface area contributed by atoms with E-state index in [9.17, 15) is 9.59 Å². The van der Waals surface area contributed by atoms with Crippen molar-refractivity contribution in [2.45, 2.75) is 51.6 Å². The first-order valence-corrected chi connectivity index (χ1v) is 9.12. The predicted octanol–water partition coefficient (Wildman–Crippen LogP) is 4.67. The van der Waals surface area contributed by atoms with E-state index in [2.05, 4.69) is 12.1 Å². The van der Waals surface area contributed by atoms with Crippen LogP contribution in [0.2, 0.25) is 0 Å². The third-order valence-electron chi connectivity index (χ3n) is 4.53. The molecule has 1 aliphatic heterocycles. The quantitative estimate of drug-likeness (QED) is 0.560. The molecule has 0 aliphatic carbocycles. The lowest BCUT2D eigenvalue weighted by atomic mass is 9.87. The van der Waals surface area contributed by atoms with Crippen molar-refractivity contribution in [3.8, 4) is 5.75 Å². The van der Waals surface area contributed by atoms with Crippen molar-refractivity contribution in [2.24, 2.45) is 0 Å². The Labute approximate surface area is 154 Å². The second kappa shape index (κ2) is 8.17. The average Bonchev–Trinajstić information content (AvgIpc) is 2.61. The van der Waals surface area contributed by atoms with E-state index in [4.69, 9.17) is 9.47 Å². The molecule has 1 unspecified atom stereocenters. The first-order valence-electron chi connectivity index (χ1n) is 9.12. The van der Waals surface area contributed by atoms with E-state index in [1.165, 1.54) is 5.56 Å². The summed E-state index contributed by atoms with van der Waals surface area (Å²) in [5.74, 6) is 0.0799. The number of hydrogen-bond acceptors (Lipinski definition) is 4. The van der Waals surface area contributed by atoms with Gasteiger partial charge in [0, 0.05) is 0 Å². The first kappa shape index (κ1) is 18.2. The molecule has 136 valence electrons. The van der Waals surface area contributed by atoms with Gasteiger partial charge in [0.15, 0.2) is 0 Å². The molecule has 3 rings (SSSR count). The smallest absolute Gasteiger partial charge is 0.338 e. The van der Waals surface area contributed by atoms with Gasteiger partial charge in [0.1, 0.15) is 5.75 Å². The molecule has 0 saturated heterocycles. The van der Waals surface area contributed by atoms with Gasteiger partial charge in [-0.3, -0.25) is 4.79 Å². The molecule has 1 heterocycles. The largest absolute Gasteiger partial charge is 0.459 e. The number of rotatable bonds is 6. The fourth-order valence-corrected chi connectivity index (χ4v) is 3.30. The normalized spacial score (nSPS) is 16.1. The number of ether oxygens (including phenoxy) is 2. The molecule has 0 N–H and O–H groups in total. The van der Waals surface area contributed by atoms with Crippen molar-refractivity contribution in [3.63, 3.8) is 0 Å². The second-order valence-electron chi connectivity index (χ2n) is 6.96. The Morgan fingerprint density at radius 3 is 2.69 bits per heavy atom. The zero-order valence-corrected chi connectivity index (χ0v) is 15.2. The first-order chi connectivity index (χ1) is 12.5. The number of aryl methyl sites for hydroxylation is 1. The molecule has 1 atom stereocenters. The summed E-state index contributed by atoms with van der Waals surface area (Å²) in [5, 5.41) is 0. The molecule has 2 aromatic rings. The van der Waals surface area contributed by atoms with Gasteiger partial charge in [-0.15, -0.1) is 0 Å². The Morgan fingerprint density at radius 2 is 1.96 bits per heavy atom. The molecule has 4 nitrogen and oxygen atoms in total. The van der Waals surface area contributed by atoms with Gasteiger partial charge in [-0.05, 0) is 68.4 Å². The van der Waals surface area contributed by atoms with Crippen molar-refractivity contribution in [1.82, 2.24) is 0 Å². The van der Waals surface area contributed by atoms with Crippen molar-refractivity contribution in [1.29, 1.82) is 0 Å². The molecule has 26 heavy (non-hydrogen) atoms. The van der Waals surface area contributed by atoms with E-state index in [1.807, 2.05) is 38.1 Å². The van der Waals surface area contributed by atoms with Crippen LogP contribution in [0.3, 0.4) is 0 Å². The van der Waals surface area contributed by atoms with Gasteiger partial charge < -0.3 is 9.47 Å². The molecule has 0 aromatic heterocycles. The summed E-state index contributed by atoms with van der Waals surface area (Å²) in [7, 11) is 0. The summed E-state index contributed by atoms with van der Waals surface area (Å²) >= 11 is 0. The van der Waals surface area contributed by atoms with Gasteiger partial charge in [-0.1, -0.05) is 30.3 Å². The molecule has 4 heteroatoms. The summed E-state index contributed by atoms with van der Waals surface area (Å²) in [6.45, 7) is 3.65. The Bertz CT molecular complexity index is 780. The lowest BCUT2D eigenvalue weighted by Gasteiger charge is -2.25. The van der Waals surface area contributed by atoms with Crippen LogP contribution < -0.4 is 4.74 Å². The maximum absolute atomic E-state index is 12.2. The van der Waals surface area contributed by atoms with Crippen LogP contribution in [-0.4, -0.2) is 18.0 Å². The van der Waals surface area contributed by atoms with Crippen molar-refractivity contribution < 1.29 is 19.1 Å². The molecule has 0 fully saturated rings. The van der Waals surface area contributed by atoms with Gasteiger partial charge in [0.2, 0.25) is 0 Å². The third kappa shape index (κ3) is 4.51. The van der Waals surface area contributed by atoms with Crippen LogP contribution in [0.25, 0.3) is 0 Å². The summed E-state index contributed by atoms with van der Waals surface area (Å²) in [5.41, 5.74) is 2.72. The van der Waals surface area contributed by atoms with Gasteiger partial charge in [-0.25, -0.2) is 4.79 Å². The van der Waals surface area contributed by atoms with Gasteiger partial charge in [0.25, 0.3) is 0 Å². The second-order valence-corrected chi connectivity index (χ2v) is 6.96. The summed E-state index contributed by atoms with van der Waals surface area (Å²) in [4.78, 5) is 24.1. The van der Waals surface area contributed by atoms with Crippen LogP contribution in [0, 0.1) is 0 Å². The topological polar surface area (TPSA) is 52.6 Å². The zero-order chi connectivity index (χ0) is 18.5. The number of esters is 2. The minimum absolute atomic E-state index is 0.0711. The van der Waals surface area contributed by atoms with Crippen molar-refractivity contribution in [2.75, 3.05) is 0 Å². The van der Waals surface area contributed by atoms with Crippen LogP contribution in [-0.2, 0) is 16.0 Å². The summed E-state index contributed by atoms with van der Waals surface area (Å²) in [6, 6.07) is 15.5. The SMILES string of the molecule is CC(C)OC(=O)c1ccc2c(c1)C(CCCc1ccccc1)CC(=O)O2. The van der Waals surface area contributed by atoms with E-state index in [-0.39, 0.29) is 24.0 Å². The molecular weight excluding hydrogens is 328 g/mol. The number of hydrogen-bond donors (Lipinski definition) is 0. The molecule has 0 radical (unpaired) electrons. The minimum atomic E-state index is -0.345. The molecule has 0 saturated carbocycles. The molecule has 0 spiro atoms. The molecule has 2 aromatic carbocycles. The van der Waals surface area contributed by atoms with Crippen LogP contribution in [0.15, 0.2) is 48.5 Å². The van der Waals surface area contributed by atoms with E-state index in [1.54, 1.807) is 12.1 Å². The zero-order valence-electron chi connectivity index (χ0n) is 15.2. The highest BCUT2D eigenvalue weighted by Crippen LogP contribution is 2.38. The Hall–Kier alpha value is -2.62. The molecule has 0 amide bonds. The predicted molar refractivity (Wildman–Crippen MR) is 99.4 cm³/mol. The van der Waals surface area contributed by atoms with Crippen molar-refractivity contribution >= 4 is 11.9 Å². The van der Waals surface area contributed by atoms with E-state index < -0.39 is 0 Å². The van der Waals surface area contributed by atoms with Gasteiger partial charge in [-0.2, -0.15) is 0 Å². The lowest BCUT2D eigenvalue weighted by Crippen LogP contribution is -2.21. The fraction of sp³-hybridized carbons (Fsp3) is 0.364. The van der Waals surface area contributed by atoms with Crippen LogP contribution in [0.5, 0.6) is 5.75 Å². The fourth-order valence-electron chi connectivity index (χ4n) is 3.30. The van der Waals surface area contributed by atoms with Gasteiger partial charge in [0.05, 0.1) is 18.1 Å². The third-order valence-corrected chi connectivity index (χ3v) is 4.53. The van der Waals surface area contributed by atoms with Crippen LogP contribution >= 0.6 is 0 Å². The highest BCUT2D eigenvalue weighted by Gasteiger charge is 2.28. The highest BCUT2D eigenvalue weighted by molar-refractivity contribution is 5.90. The average molecular weight is 352 g/mol. The minimum Gasteiger partial charge on any atom is -0.459 e. The number of fused-ring (bicyclic) bond motifs is 1. The van der Waals surface area contributed by atoms with E-state index >= 15 is 0 Å². The molecule has 0 bridgehead atoms. The highest BCUT2D eigenvalue weighted by atomic mass is 16.5. The summed E-state index contributed by atoms with van der Waals surface area (Å²) < 4.78 is 10.6. The van der Waals surface area contributed by atoms with Crippen LogP contribution in [0.4, 0.5) is 0 Å². The molecule has 1 aliphatic rings. The standard InChI is InChI=1S/C22H24O4/c1-15(2)25-22(24)18-11-12-20-19(13-18)17(14-21(23)26-20)10-6-9-16-7-4-3-5-8-16/h3-5,7-8,11-13,15,17H,6,9-10,14H2,1-2H3. The van der Waals surface area contributed by atoms with Gasteiger partial charge >= 0.3 is 11.9 Å². The van der Waals surface area contributed by atoms with E-state index in [0.29, 0.717) is 17.7 Å². The van der Waals surface area contributed by atoms with E-state index in [0.717, 1.165) is 24.8 Å². The Kier molecular flexibility index (Phi) is 5.71. The molecular formula is C22H24O4. The number of carbonyl (C=O) groups is 2. The summed E-state index contributed by atoms with van der Waals surface area (Å²) in [6.07, 6.45) is 3.00. The Balaban J connectivity index is 1.73. The number of benzene rings is 2. The monoisotopic (exact) mass is 352 g/mol. The number of carbonyl (C=O) groups excluding carboxylic acids is 2. The Morgan fingerprint density at radius 1 is 1.19 bits per heavy atom. The maximum Gasteiger partial charge on any atom is 0.338 e. The maximum atomic E-state index is 12.2.